The Kier molecular flexibility index (Phi) is 6.04. The number of nitrogens with zero attached hydrogens (tertiary/aromatic N) is 2. The molecule has 27 heavy (non-hydrogen) atoms. The highest BCUT2D eigenvalue weighted by atomic mass is 16.5. The third kappa shape index (κ3) is 5.57. The average molecular weight is 365 g/mol. The van der Waals surface area contributed by atoms with Crippen LogP contribution in [0.25, 0.3) is 0 Å². The molecule has 7 nitrogen and oxygen atoms in total. The summed E-state index contributed by atoms with van der Waals surface area (Å²) in [7, 11) is 0. The first-order chi connectivity index (χ1) is 13.1. The molecule has 3 N–H and O–H groups in total. The van der Waals surface area contributed by atoms with Crippen LogP contribution in [0.3, 0.4) is 0 Å². The molecule has 0 atom stereocenters. The highest BCUT2D eigenvalue weighted by molar-refractivity contribution is 6.00. The van der Waals surface area contributed by atoms with E-state index in [0.717, 1.165) is 18.5 Å². The molecular formula is C20H23N5O2. The number of rotatable bonds is 7. The molecule has 0 radical (unpaired) electrons. The summed E-state index contributed by atoms with van der Waals surface area (Å²) in [6.45, 7) is 3.83. The molecule has 7 heteroatoms. The number of anilines is 2. The molecule has 0 aliphatic carbocycles. The van der Waals surface area contributed by atoms with Gasteiger partial charge in [0.2, 0.25) is 0 Å². The second-order valence-electron chi connectivity index (χ2n) is 6.38. The van der Waals surface area contributed by atoms with E-state index in [4.69, 9.17) is 4.74 Å². The van der Waals surface area contributed by atoms with Gasteiger partial charge < -0.3 is 10.1 Å². The van der Waals surface area contributed by atoms with Gasteiger partial charge in [0.1, 0.15) is 0 Å². The summed E-state index contributed by atoms with van der Waals surface area (Å²) >= 11 is 0. The van der Waals surface area contributed by atoms with Crippen molar-refractivity contribution in [2.75, 3.05) is 10.6 Å². The van der Waals surface area contributed by atoms with Gasteiger partial charge in [-0.1, -0.05) is 30.3 Å². The number of urea groups is 1. The maximum Gasteiger partial charge on any atom is 0.325 e. The van der Waals surface area contributed by atoms with E-state index in [2.05, 4.69) is 37.9 Å². The topological polar surface area (TPSA) is 91.9 Å². The van der Waals surface area contributed by atoms with Crippen LogP contribution in [0.4, 0.5) is 16.3 Å². The zero-order chi connectivity index (χ0) is 19.1. The molecule has 1 aromatic carbocycles. The average Bonchev–Trinajstić information content (AvgIpc) is 3.09. The number of hydrogen-bond acceptors (Lipinski definition) is 4. The first kappa shape index (κ1) is 18.4. The Labute approximate surface area is 158 Å². The van der Waals surface area contributed by atoms with Crippen molar-refractivity contribution in [3.05, 3.63) is 66.1 Å². The largest absolute Gasteiger partial charge is 0.487 e. The third-order valence-electron chi connectivity index (χ3n) is 3.79. The number of pyridine rings is 1. The van der Waals surface area contributed by atoms with Crippen molar-refractivity contribution < 1.29 is 9.53 Å². The van der Waals surface area contributed by atoms with E-state index in [0.29, 0.717) is 17.3 Å². The molecule has 2 aromatic heterocycles. The summed E-state index contributed by atoms with van der Waals surface area (Å²) in [4.78, 5) is 16.3. The highest BCUT2D eigenvalue weighted by Crippen LogP contribution is 2.23. The Morgan fingerprint density at radius 1 is 1.15 bits per heavy atom. The van der Waals surface area contributed by atoms with E-state index >= 15 is 0 Å². The Hall–Kier alpha value is -3.35. The first-order valence-electron chi connectivity index (χ1n) is 8.87. The molecule has 0 bridgehead atoms. The van der Waals surface area contributed by atoms with Gasteiger partial charge in [0.05, 0.1) is 18.0 Å². The Bertz CT molecular complexity index is 877. The number of aromatic nitrogens is 3. The van der Waals surface area contributed by atoms with Crippen LogP contribution >= 0.6 is 0 Å². The number of H-pyrrole nitrogens is 1. The lowest BCUT2D eigenvalue weighted by atomic mass is 10.1. The fraction of sp³-hybridized carbons (Fsp3) is 0.250. The fourth-order valence-electron chi connectivity index (χ4n) is 2.58. The minimum atomic E-state index is -0.393. The van der Waals surface area contributed by atoms with E-state index in [-0.39, 0.29) is 6.10 Å². The number of benzene rings is 1. The number of aryl methyl sites for hydroxylation is 2. The van der Waals surface area contributed by atoms with Crippen LogP contribution in [-0.4, -0.2) is 27.3 Å². The number of ether oxygens (including phenoxy) is 1. The molecule has 3 rings (SSSR count). The fourth-order valence-corrected chi connectivity index (χ4v) is 2.58. The van der Waals surface area contributed by atoms with Crippen LogP contribution in [0.5, 0.6) is 5.75 Å². The van der Waals surface area contributed by atoms with Crippen LogP contribution in [0, 0.1) is 0 Å². The number of amides is 2. The maximum absolute atomic E-state index is 12.3. The highest BCUT2D eigenvalue weighted by Gasteiger charge is 2.11. The number of hydrogen-bond donors (Lipinski definition) is 3. The summed E-state index contributed by atoms with van der Waals surface area (Å²) < 4.78 is 5.65. The minimum absolute atomic E-state index is 0.0173. The van der Waals surface area contributed by atoms with Gasteiger partial charge in [-0.2, -0.15) is 5.10 Å². The second kappa shape index (κ2) is 8.84. The molecule has 0 fully saturated rings. The van der Waals surface area contributed by atoms with E-state index in [9.17, 15) is 4.79 Å². The molecule has 3 aromatic rings. The quantitative estimate of drug-likeness (QED) is 0.590. The Morgan fingerprint density at radius 2 is 1.96 bits per heavy atom. The van der Waals surface area contributed by atoms with Gasteiger partial charge in [0.25, 0.3) is 0 Å². The molecule has 140 valence electrons. The molecule has 2 amide bonds. The molecule has 0 saturated heterocycles. The van der Waals surface area contributed by atoms with Crippen LogP contribution in [0.15, 0.2) is 54.9 Å². The summed E-state index contributed by atoms with van der Waals surface area (Å²) in [5.41, 5.74) is 2.77. The third-order valence-corrected chi connectivity index (χ3v) is 3.79. The number of carbonyl (C=O) groups excluding carboxylic acids is 1. The van der Waals surface area contributed by atoms with E-state index in [1.54, 1.807) is 18.5 Å². The predicted molar refractivity (Wildman–Crippen MR) is 105 cm³/mol. The SMILES string of the molecule is CC(C)Oc1cnccc1NC(=O)Nc1cc(CCc2ccccc2)[nH]n1. The number of nitrogens with one attached hydrogen (secondary N) is 3. The van der Waals surface area contributed by atoms with Gasteiger partial charge in [0.15, 0.2) is 11.6 Å². The number of carbonyl (C=O) groups is 1. The van der Waals surface area contributed by atoms with Crippen LogP contribution in [0.1, 0.15) is 25.1 Å². The lowest BCUT2D eigenvalue weighted by Crippen LogP contribution is -2.20. The van der Waals surface area contributed by atoms with Crippen LogP contribution in [-0.2, 0) is 12.8 Å². The van der Waals surface area contributed by atoms with E-state index in [1.165, 1.54) is 5.56 Å². The predicted octanol–water partition coefficient (Wildman–Crippen LogP) is 4.02. The van der Waals surface area contributed by atoms with Crippen molar-refractivity contribution in [3.8, 4) is 5.75 Å². The minimum Gasteiger partial charge on any atom is -0.487 e. The molecule has 2 heterocycles. The van der Waals surface area contributed by atoms with E-state index < -0.39 is 6.03 Å². The van der Waals surface area contributed by atoms with Crippen LogP contribution < -0.4 is 15.4 Å². The molecule has 0 spiro atoms. The zero-order valence-corrected chi connectivity index (χ0v) is 15.4. The van der Waals surface area contributed by atoms with Crippen molar-refractivity contribution in [1.29, 1.82) is 0 Å². The van der Waals surface area contributed by atoms with Gasteiger partial charge in [-0.3, -0.25) is 15.4 Å². The van der Waals surface area contributed by atoms with Crippen molar-refractivity contribution in [3.63, 3.8) is 0 Å². The molecular weight excluding hydrogens is 342 g/mol. The number of aromatic amines is 1. The molecule has 0 aliphatic heterocycles. The second-order valence-corrected chi connectivity index (χ2v) is 6.38. The van der Waals surface area contributed by atoms with Gasteiger partial charge in [-0.25, -0.2) is 4.79 Å². The smallest absolute Gasteiger partial charge is 0.325 e. The summed E-state index contributed by atoms with van der Waals surface area (Å²) in [5, 5.41) is 12.6. The molecule has 0 aliphatic rings. The monoisotopic (exact) mass is 365 g/mol. The van der Waals surface area contributed by atoms with Crippen molar-refractivity contribution >= 4 is 17.5 Å². The van der Waals surface area contributed by atoms with Crippen molar-refractivity contribution in [2.24, 2.45) is 0 Å². The Morgan fingerprint density at radius 3 is 2.74 bits per heavy atom. The Balaban J connectivity index is 1.55. The summed E-state index contributed by atoms with van der Waals surface area (Å²) in [5.74, 6) is 0.990. The van der Waals surface area contributed by atoms with Gasteiger partial charge >= 0.3 is 6.03 Å². The van der Waals surface area contributed by atoms with Gasteiger partial charge in [-0.15, -0.1) is 0 Å². The molecule has 0 saturated carbocycles. The van der Waals surface area contributed by atoms with E-state index in [1.807, 2.05) is 38.1 Å². The summed E-state index contributed by atoms with van der Waals surface area (Å²) in [6, 6.07) is 13.4. The van der Waals surface area contributed by atoms with Gasteiger partial charge in [0, 0.05) is 18.0 Å². The standard InChI is InChI=1S/C20H23N5O2/c1-14(2)27-18-13-21-11-10-17(18)22-20(26)23-19-12-16(24-25-19)9-8-15-6-4-3-5-7-15/h3-7,10-14H,8-9H2,1-2H3,(H3,21,22,23,24,25,26). The van der Waals surface area contributed by atoms with Gasteiger partial charge in [-0.05, 0) is 38.3 Å². The first-order valence-corrected chi connectivity index (χ1v) is 8.87. The molecule has 0 unspecified atom stereocenters. The normalized spacial score (nSPS) is 10.6. The zero-order valence-electron chi connectivity index (χ0n) is 15.4. The lowest BCUT2D eigenvalue weighted by Gasteiger charge is -2.14. The summed E-state index contributed by atoms with van der Waals surface area (Å²) in [6.07, 6.45) is 4.88. The van der Waals surface area contributed by atoms with Crippen molar-refractivity contribution in [1.82, 2.24) is 15.2 Å². The maximum atomic E-state index is 12.3. The van der Waals surface area contributed by atoms with Crippen LogP contribution in [0.2, 0.25) is 0 Å². The lowest BCUT2D eigenvalue weighted by molar-refractivity contribution is 0.242. The van der Waals surface area contributed by atoms with Crippen molar-refractivity contribution in [2.45, 2.75) is 32.8 Å².